The van der Waals surface area contributed by atoms with Crippen molar-refractivity contribution < 1.29 is 18.3 Å². The number of halogens is 3. The van der Waals surface area contributed by atoms with Gasteiger partial charge in [-0.15, -0.1) is 10.2 Å². The van der Waals surface area contributed by atoms with E-state index in [-0.39, 0.29) is 23.2 Å². The number of nitrogens with one attached hydrogen (secondary N) is 1. The van der Waals surface area contributed by atoms with E-state index in [2.05, 4.69) is 20.4 Å². The lowest BCUT2D eigenvalue weighted by Gasteiger charge is -2.30. The van der Waals surface area contributed by atoms with Gasteiger partial charge in [0.05, 0.1) is 11.1 Å². The Labute approximate surface area is 153 Å². The number of nitrogens with zero attached hydrogens (tertiary/aromatic N) is 4. The van der Waals surface area contributed by atoms with Crippen LogP contribution >= 0.6 is 0 Å². The highest BCUT2D eigenvalue weighted by molar-refractivity contribution is 5.65. The third-order valence-electron chi connectivity index (χ3n) is 4.60. The monoisotopic (exact) mass is 383 g/mol. The molecule has 2 N–H and O–H groups in total. The van der Waals surface area contributed by atoms with E-state index in [0.29, 0.717) is 6.07 Å². The molecule has 0 bridgehead atoms. The highest BCUT2D eigenvalue weighted by atomic mass is 19.4. The predicted octanol–water partition coefficient (Wildman–Crippen LogP) is 2.07. The molecule has 1 aromatic heterocycles. The number of phenols is 1. The van der Waals surface area contributed by atoms with Crippen LogP contribution < -0.4 is 10.9 Å². The Kier molecular flexibility index (Phi) is 5.09. The Hall–Kier alpha value is -2.62. The zero-order valence-corrected chi connectivity index (χ0v) is 14.9. The second-order valence-corrected chi connectivity index (χ2v) is 6.71. The SMILES string of the molecule is CN1CCC[C@@H](Nc2nnc(-c3ccc(C(F)(F)F)cc3O)n(C)c2=O)C1. The Morgan fingerprint density at radius 2 is 2.00 bits per heavy atom. The van der Waals surface area contributed by atoms with Crippen LogP contribution in [-0.4, -0.2) is 50.9 Å². The van der Waals surface area contributed by atoms with Crippen LogP contribution in [-0.2, 0) is 13.2 Å². The molecule has 1 saturated heterocycles. The number of aromatic nitrogens is 3. The number of alkyl halides is 3. The highest BCUT2D eigenvalue weighted by Gasteiger charge is 2.31. The molecule has 2 heterocycles. The lowest BCUT2D eigenvalue weighted by Crippen LogP contribution is -2.41. The van der Waals surface area contributed by atoms with Gasteiger partial charge in [-0.2, -0.15) is 13.2 Å². The summed E-state index contributed by atoms with van der Waals surface area (Å²) in [5.74, 6) is -0.561. The van der Waals surface area contributed by atoms with E-state index in [4.69, 9.17) is 0 Å². The van der Waals surface area contributed by atoms with Crippen molar-refractivity contribution in [2.75, 3.05) is 25.5 Å². The van der Waals surface area contributed by atoms with Crippen molar-refractivity contribution >= 4 is 5.82 Å². The second-order valence-electron chi connectivity index (χ2n) is 6.71. The number of likely N-dealkylation sites (tertiary alicyclic amines) is 1. The standard InChI is InChI=1S/C17H20F3N5O2/c1-24-7-3-4-11(9-24)21-14-16(27)25(2)15(23-22-14)12-6-5-10(8-13(12)26)17(18,19)20/h5-6,8,11,26H,3-4,7,9H2,1-2H3,(H,21,22)/t11-/m1/s1. The van der Waals surface area contributed by atoms with E-state index >= 15 is 0 Å². The van der Waals surface area contributed by atoms with Crippen LogP contribution in [0.3, 0.4) is 0 Å². The fourth-order valence-electron chi connectivity index (χ4n) is 3.16. The predicted molar refractivity (Wildman–Crippen MR) is 93.5 cm³/mol. The second kappa shape index (κ2) is 7.18. The molecule has 0 saturated carbocycles. The summed E-state index contributed by atoms with van der Waals surface area (Å²) in [4.78, 5) is 14.7. The number of hydrogen-bond donors (Lipinski definition) is 2. The summed E-state index contributed by atoms with van der Waals surface area (Å²) < 4.78 is 39.4. The Balaban J connectivity index is 1.90. The molecule has 1 aliphatic rings. The summed E-state index contributed by atoms with van der Waals surface area (Å²) in [5, 5.41) is 20.9. The molecule has 1 aromatic carbocycles. The molecule has 1 fully saturated rings. The van der Waals surface area contributed by atoms with Crippen molar-refractivity contribution in [2.45, 2.75) is 25.1 Å². The molecule has 10 heteroatoms. The van der Waals surface area contributed by atoms with Crippen LogP contribution in [0.15, 0.2) is 23.0 Å². The van der Waals surface area contributed by atoms with Gasteiger partial charge in [0, 0.05) is 19.6 Å². The number of aromatic hydroxyl groups is 1. The molecule has 2 aromatic rings. The first-order valence-corrected chi connectivity index (χ1v) is 8.46. The Morgan fingerprint density at radius 3 is 2.63 bits per heavy atom. The normalized spacial score (nSPS) is 18.5. The number of anilines is 1. The quantitative estimate of drug-likeness (QED) is 0.844. The van der Waals surface area contributed by atoms with E-state index < -0.39 is 23.0 Å². The molecule has 146 valence electrons. The summed E-state index contributed by atoms with van der Waals surface area (Å²) >= 11 is 0. The van der Waals surface area contributed by atoms with Gasteiger partial charge in [0.1, 0.15) is 5.75 Å². The molecule has 0 aliphatic carbocycles. The van der Waals surface area contributed by atoms with Crippen LogP contribution in [0.2, 0.25) is 0 Å². The first-order valence-electron chi connectivity index (χ1n) is 8.46. The van der Waals surface area contributed by atoms with Gasteiger partial charge < -0.3 is 15.3 Å². The van der Waals surface area contributed by atoms with Crippen molar-refractivity contribution in [3.8, 4) is 17.1 Å². The van der Waals surface area contributed by atoms with E-state index in [1.807, 2.05) is 7.05 Å². The van der Waals surface area contributed by atoms with Gasteiger partial charge in [-0.25, -0.2) is 0 Å². The first kappa shape index (κ1) is 19.2. The van der Waals surface area contributed by atoms with Gasteiger partial charge in [-0.1, -0.05) is 0 Å². The minimum absolute atomic E-state index is 0.000880. The molecule has 3 rings (SSSR count). The third-order valence-corrected chi connectivity index (χ3v) is 4.60. The summed E-state index contributed by atoms with van der Waals surface area (Å²) in [5.41, 5.74) is -1.45. The van der Waals surface area contributed by atoms with E-state index in [1.165, 1.54) is 7.05 Å². The first-order chi connectivity index (χ1) is 12.7. The van der Waals surface area contributed by atoms with Crippen LogP contribution in [0, 0.1) is 0 Å². The van der Waals surface area contributed by atoms with Crippen molar-refractivity contribution in [1.29, 1.82) is 0 Å². The van der Waals surface area contributed by atoms with Crippen LogP contribution in [0.4, 0.5) is 19.0 Å². The summed E-state index contributed by atoms with van der Waals surface area (Å²) in [6.45, 7) is 1.76. The Morgan fingerprint density at radius 1 is 1.26 bits per heavy atom. The summed E-state index contributed by atoms with van der Waals surface area (Å²) in [6, 6.07) is 2.57. The fraction of sp³-hybridized carbons (Fsp3) is 0.471. The smallest absolute Gasteiger partial charge is 0.416 e. The zero-order valence-electron chi connectivity index (χ0n) is 14.9. The largest absolute Gasteiger partial charge is 0.507 e. The van der Waals surface area contributed by atoms with E-state index in [1.54, 1.807) is 0 Å². The summed E-state index contributed by atoms with van der Waals surface area (Å²) in [6.07, 6.45) is -2.68. The van der Waals surface area contributed by atoms with Crippen LogP contribution in [0.1, 0.15) is 18.4 Å². The average Bonchev–Trinajstić information content (AvgIpc) is 2.59. The molecule has 1 aliphatic heterocycles. The van der Waals surface area contributed by atoms with E-state index in [0.717, 1.165) is 42.6 Å². The molecular weight excluding hydrogens is 363 g/mol. The summed E-state index contributed by atoms with van der Waals surface area (Å²) in [7, 11) is 3.43. The highest BCUT2D eigenvalue weighted by Crippen LogP contribution is 2.35. The topological polar surface area (TPSA) is 83.3 Å². The number of benzene rings is 1. The number of hydrogen-bond acceptors (Lipinski definition) is 6. The van der Waals surface area contributed by atoms with Crippen LogP contribution in [0.5, 0.6) is 5.75 Å². The maximum absolute atomic E-state index is 12.7. The van der Waals surface area contributed by atoms with Gasteiger partial charge in [0.2, 0.25) is 5.82 Å². The van der Waals surface area contributed by atoms with Crippen molar-refractivity contribution in [3.05, 3.63) is 34.1 Å². The third kappa shape index (κ3) is 4.05. The van der Waals surface area contributed by atoms with Gasteiger partial charge in [-0.3, -0.25) is 9.36 Å². The lowest BCUT2D eigenvalue weighted by molar-refractivity contribution is -0.137. The maximum Gasteiger partial charge on any atom is 0.416 e. The fourth-order valence-corrected chi connectivity index (χ4v) is 3.16. The number of likely N-dealkylation sites (N-methyl/N-ethyl adjacent to an activating group) is 1. The van der Waals surface area contributed by atoms with Crippen molar-refractivity contribution in [3.63, 3.8) is 0 Å². The van der Waals surface area contributed by atoms with Crippen molar-refractivity contribution in [1.82, 2.24) is 19.7 Å². The minimum atomic E-state index is -4.57. The average molecular weight is 383 g/mol. The molecule has 27 heavy (non-hydrogen) atoms. The van der Waals surface area contributed by atoms with Gasteiger partial charge in [0.15, 0.2) is 5.82 Å². The number of rotatable bonds is 3. The molecule has 0 radical (unpaired) electrons. The number of phenolic OH excluding ortho intramolecular Hbond substituents is 1. The molecule has 1 atom stereocenters. The lowest BCUT2D eigenvalue weighted by atomic mass is 10.1. The van der Waals surface area contributed by atoms with Crippen LogP contribution in [0.25, 0.3) is 11.4 Å². The van der Waals surface area contributed by atoms with E-state index in [9.17, 15) is 23.1 Å². The zero-order chi connectivity index (χ0) is 19.8. The molecule has 0 spiro atoms. The van der Waals surface area contributed by atoms with Gasteiger partial charge >= 0.3 is 6.18 Å². The van der Waals surface area contributed by atoms with Gasteiger partial charge in [0.25, 0.3) is 5.56 Å². The van der Waals surface area contributed by atoms with Gasteiger partial charge in [-0.05, 0) is 44.6 Å². The molecular formula is C17H20F3N5O2. The maximum atomic E-state index is 12.7. The number of piperidine rings is 1. The minimum Gasteiger partial charge on any atom is -0.507 e. The molecule has 0 amide bonds. The molecule has 7 nitrogen and oxygen atoms in total. The van der Waals surface area contributed by atoms with Crippen molar-refractivity contribution in [2.24, 2.45) is 7.05 Å². The Bertz CT molecular complexity index is 897. The molecule has 0 unspecified atom stereocenters.